The highest BCUT2D eigenvalue weighted by atomic mass is 32.2. The van der Waals surface area contributed by atoms with Gasteiger partial charge in [0.2, 0.25) is 5.69 Å². The Kier molecular flexibility index (Phi) is 13.3. The quantitative estimate of drug-likeness (QED) is 0.0551. The maximum absolute atomic E-state index is 12.6. The first-order valence-corrected chi connectivity index (χ1v) is 23.6. The van der Waals surface area contributed by atoms with Crippen LogP contribution in [0.4, 0.5) is 11.4 Å². The minimum absolute atomic E-state index is 0.0114. The van der Waals surface area contributed by atoms with Crippen molar-refractivity contribution in [2.75, 3.05) is 23.7 Å². The smallest absolute Gasteiger partial charge is 0.303 e. The van der Waals surface area contributed by atoms with Gasteiger partial charge in [0.15, 0.2) is 5.71 Å². The van der Waals surface area contributed by atoms with Crippen LogP contribution in [0.3, 0.4) is 0 Å². The molecule has 0 aliphatic carbocycles. The van der Waals surface area contributed by atoms with Crippen LogP contribution in [-0.4, -0.2) is 92.1 Å². The van der Waals surface area contributed by atoms with E-state index in [0.717, 1.165) is 6.07 Å². The van der Waals surface area contributed by atoms with Crippen molar-refractivity contribution in [3.05, 3.63) is 77.5 Å². The monoisotopic (exact) mass is 859 g/mol. The van der Waals surface area contributed by atoms with Crippen LogP contribution in [-0.2, 0) is 56.1 Å². The lowest BCUT2D eigenvalue weighted by Gasteiger charge is -2.30. The van der Waals surface area contributed by atoms with E-state index < -0.39 is 72.8 Å². The number of rotatable bonds is 18. The Balaban J connectivity index is 1.84. The number of hydrogen-bond donors (Lipinski definition) is 5. The summed E-state index contributed by atoms with van der Waals surface area (Å²) in [5, 5.41) is 9.05. The van der Waals surface area contributed by atoms with Crippen molar-refractivity contribution in [1.29, 1.82) is 0 Å². The van der Waals surface area contributed by atoms with Gasteiger partial charge in [-0.15, -0.1) is 0 Å². The molecule has 0 saturated heterocycles. The fourth-order valence-corrected chi connectivity index (χ4v) is 10.6. The van der Waals surface area contributed by atoms with E-state index in [4.69, 9.17) is 5.11 Å². The van der Waals surface area contributed by atoms with Crippen molar-refractivity contribution < 1.29 is 66.4 Å². The standard InChI is InChI=1S/C36H46N2O14S4/c1-5-19-36(4)31(37(21-13-22-53(41,42)43)26-14-12-15-28(34(26)36)55(47,48)49)17-9-6-8-16-30-35(2,3)33-27(38(30)20-11-7-10-18-32(39)40)23-25(54(44,45)46)24-29(33)56(50,51)52/h6,8-9,12,14-17,23-24H,5,7,10-11,13,18-22H2,1-4H3,(H4-,39,40,41,42,43,44,45,46,47,48,49,50,51,52)/p+1. The minimum atomic E-state index is -5.01. The molecule has 2 aliphatic rings. The van der Waals surface area contributed by atoms with Crippen molar-refractivity contribution >= 4 is 63.5 Å². The third-order valence-corrected chi connectivity index (χ3v) is 13.4. The first kappa shape index (κ1) is 44.9. The number of carboxylic acid groups (broad SMARTS) is 1. The highest BCUT2D eigenvalue weighted by Gasteiger charge is 2.49. The number of nitrogens with zero attached hydrogens (tertiary/aromatic N) is 2. The molecular weight excluding hydrogens is 813 g/mol. The summed E-state index contributed by atoms with van der Waals surface area (Å²) in [6.45, 7) is 7.33. The Labute approximate surface area is 328 Å². The fourth-order valence-electron chi connectivity index (χ4n) is 7.73. The third-order valence-electron chi connectivity index (χ3n) is 10.00. The van der Waals surface area contributed by atoms with Gasteiger partial charge >= 0.3 is 5.97 Å². The Morgan fingerprint density at radius 3 is 2.04 bits per heavy atom. The molecule has 0 saturated carbocycles. The summed E-state index contributed by atoms with van der Waals surface area (Å²) in [6.07, 6.45) is 10.5. The van der Waals surface area contributed by atoms with E-state index in [9.17, 15) is 56.7 Å². The molecule has 0 radical (unpaired) electrons. The van der Waals surface area contributed by atoms with Crippen molar-refractivity contribution in [2.24, 2.45) is 0 Å². The Morgan fingerprint density at radius 1 is 0.804 bits per heavy atom. The average Bonchev–Trinajstić information content (AvgIpc) is 3.41. The van der Waals surface area contributed by atoms with Gasteiger partial charge in [-0.3, -0.25) is 23.0 Å². The van der Waals surface area contributed by atoms with Crippen molar-refractivity contribution in [1.82, 2.24) is 0 Å². The predicted molar refractivity (Wildman–Crippen MR) is 208 cm³/mol. The average molecular weight is 860 g/mol. The second-order valence-corrected chi connectivity index (χ2v) is 20.2. The molecule has 1 atom stereocenters. The van der Waals surface area contributed by atoms with E-state index in [1.165, 1.54) is 12.1 Å². The summed E-state index contributed by atoms with van der Waals surface area (Å²) in [4.78, 5) is 11.1. The molecule has 308 valence electrons. The lowest BCUT2D eigenvalue weighted by molar-refractivity contribution is -0.438. The molecule has 1 unspecified atom stereocenters. The molecule has 0 amide bonds. The fraction of sp³-hybridized carbons (Fsp3) is 0.444. The summed E-state index contributed by atoms with van der Waals surface area (Å²) in [7, 11) is -18.9. The maximum Gasteiger partial charge on any atom is 0.303 e. The van der Waals surface area contributed by atoms with Gasteiger partial charge in [0.25, 0.3) is 40.5 Å². The van der Waals surface area contributed by atoms with E-state index in [0.29, 0.717) is 60.8 Å². The van der Waals surface area contributed by atoms with Gasteiger partial charge in [-0.25, -0.2) is 0 Å². The van der Waals surface area contributed by atoms with Gasteiger partial charge in [-0.2, -0.15) is 38.2 Å². The zero-order valence-corrected chi connectivity index (χ0v) is 34.5. The van der Waals surface area contributed by atoms with Gasteiger partial charge in [0.05, 0.1) is 16.7 Å². The molecule has 16 nitrogen and oxygen atoms in total. The SMILES string of the molecule is CCCC1(C)\C(=C/C=C/C=C/C2=[N+](CCCCCC(=O)O)c3cc(S(=O)(=O)O)cc(S(=O)(=O)O)c3C2(C)C)N(CCCS(=O)(=O)O)c2cccc(S(=O)(=O)O)c21. The topological polar surface area (TPSA) is 261 Å². The highest BCUT2D eigenvalue weighted by Crippen LogP contribution is 2.53. The first-order valence-electron chi connectivity index (χ1n) is 17.6. The normalized spacial score (nSPS) is 19.4. The molecule has 0 fully saturated rings. The van der Waals surface area contributed by atoms with Crippen LogP contribution in [0.1, 0.15) is 83.8 Å². The first-order chi connectivity index (χ1) is 25.7. The van der Waals surface area contributed by atoms with E-state index >= 15 is 0 Å². The van der Waals surface area contributed by atoms with Crippen LogP contribution in [0.2, 0.25) is 0 Å². The largest absolute Gasteiger partial charge is 0.481 e. The number of fused-ring (bicyclic) bond motifs is 2. The Bertz CT molecular complexity index is 2470. The maximum atomic E-state index is 12.6. The molecule has 0 spiro atoms. The summed E-state index contributed by atoms with van der Waals surface area (Å²) in [5.74, 6) is -1.52. The Hall–Kier alpha value is -3.76. The second-order valence-electron chi connectivity index (χ2n) is 14.4. The molecule has 0 aromatic heterocycles. The molecule has 4 rings (SSSR count). The molecular formula is C36H47N2O14S4+. The zero-order valence-electron chi connectivity index (χ0n) is 31.3. The molecule has 0 bridgehead atoms. The lowest BCUT2D eigenvalue weighted by atomic mass is 9.77. The van der Waals surface area contributed by atoms with E-state index in [1.807, 2.05) is 13.8 Å². The number of anilines is 1. The predicted octanol–water partition coefficient (Wildman–Crippen LogP) is 5.30. The lowest BCUT2D eigenvalue weighted by Crippen LogP contribution is -2.30. The van der Waals surface area contributed by atoms with Gasteiger partial charge in [0.1, 0.15) is 21.2 Å². The van der Waals surface area contributed by atoms with Gasteiger partial charge in [0, 0.05) is 53.9 Å². The molecule has 2 aliphatic heterocycles. The molecule has 20 heteroatoms. The number of carboxylic acids is 1. The minimum Gasteiger partial charge on any atom is -0.481 e. The molecule has 5 N–H and O–H groups in total. The van der Waals surface area contributed by atoms with Gasteiger partial charge in [-0.1, -0.05) is 37.6 Å². The van der Waals surface area contributed by atoms with Crippen LogP contribution < -0.4 is 4.90 Å². The van der Waals surface area contributed by atoms with Crippen LogP contribution >= 0.6 is 0 Å². The van der Waals surface area contributed by atoms with Crippen LogP contribution in [0, 0.1) is 0 Å². The van der Waals surface area contributed by atoms with Gasteiger partial charge < -0.3 is 10.0 Å². The number of hydrogen-bond acceptors (Lipinski definition) is 10. The van der Waals surface area contributed by atoms with Crippen LogP contribution in [0.5, 0.6) is 0 Å². The Morgan fingerprint density at radius 2 is 1.46 bits per heavy atom. The third kappa shape index (κ3) is 9.84. The summed E-state index contributed by atoms with van der Waals surface area (Å²) in [5.41, 5.74) is -0.0924. The van der Waals surface area contributed by atoms with Crippen molar-refractivity contribution in [3.8, 4) is 0 Å². The van der Waals surface area contributed by atoms with Crippen molar-refractivity contribution in [3.63, 3.8) is 0 Å². The second kappa shape index (κ2) is 16.6. The summed E-state index contributed by atoms with van der Waals surface area (Å²) >= 11 is 0. The van der Waals surface area contributed by atoms with Gasteiger partial charge in [-0.05, 0) is 70.7 Å². The van der Waals surface area contributed by atoms with Crippen LogP contribution in [0.25, 0.3) is 0 Å². The number of aliphatic carboxylic acids is 1. The van der Waals surface area contributed by atoms with E-state index in [-0.39, 0.29) is 42.1 Å². The summed E-state index contributed by atoms with van der Waals surface area (Å²) in [6, 6.07) is 6.23. The highest BCUT2D eigenvalue weighted by molar-refractivity contribution is 7.87. The van der Waals surface area contributed by atoms with E-state index in [2.05, 4.69) is 0 Å². The van der Waals surface area contributed by atoms with Crippen molar-refractivity contribution in [2.45, 2.75) is 98.2 Å². The molecule has 2 aromatic rings. The number of allylic oxidation sites excluding steroid dienone is 6. The summed E-state index contributed by atoms with van der Waals surface area (Å²) < 4.78 is 139. The molecule has 56 heavy (non-hydrogen) atoms. The zero-order chi connectivity index (χ0) is 42.1. The van der Waals surface area contributed by atoms with Crippen LogP contribution in [0.15, 0.2) is 81.1 Å². The number of benzene rings is 2. The molecule has 2 heterocycles. The van der Waals surface area contributed by atoms with E-state index in [1.54, 1.807) is 59.8 Å². The number of carbonyl (C=O) groups is 1. The molecule has 2 aromatic carbocycles. The number of unbranched alkanes of at least 4 members (excludes halogenated alkanes) is 2.